The number of carbonyl (C=O) groups excluding carboxylic acids is 2. The number of allylic oxidation sites excluding steroid dienone is 1. The van der Waals surface area contributed by atoms with Gasteiger partial charge in [-0.15, -0.1) is 0 Å². The number of fused-ring (bicyclic) bond motifs is 1. The minimum atomic E-state index is -0.738. The van der Waals surface area contributed by atoms with Crippen LogP contribution in [0.5, 0.6) is 5.75 Å². The summed E-state index contributed by atoms with van der Waals surface area (Å²) in [4.78, 5) is 29.4. The molecule has 172 valence electrons. The van der Waals surface area contributed by atoms with Crippen LogP contribution in [0.2, 0.25) is 0 Å². The Kier molecular flexibility index (Phi) is 7.12. The fourth-order valence-corrected chi connectivity index (χ4v) is 3.32. The molecule has 1 heterocycles. The van der Waals surface area contributed by atoms with Crippen LogP contribution in [0, 0.1) is 5.82 Å². The number of primary amides is 2. The number of hydrogen-bond acceptors (Lipinski definition) is 6. The van der Waals surface area contributed by atoms with E-state index in [1.54, 1.807) is 19.9 Å². The van der Waals surface area contributed by atoms with Crippen molar-refractivity contribution in [1.29, 1.82) is 0 Å². The zero-order chi connectivity index (χ0) is 24.1. The van der Waals surface area contributed by atoms with Gasteiger partial charge in [-0.1, -0.05) is 18.7 Å². The maximum absolute atomic E-state index is 13.5. The lowest BCUT2D eigenvalue weighted by atomic mass is 10.1. The number of halogens is 1. The first-order valence-electron chi connectivity index (χ1n) is 10.3. The lowest BCUT2D eigenvalue weighted by molar-refractivity contribution is -0.119. The minimum absolute atomic E-state index is 0.0186. The number of amides is 2. The number of nitrogens with two attached hydrogens (primary N) is 2. The Labute approximate surface area is 191 Å². The topological polar surface area (TPSA) is 123 Å². The second kappa shape index (κ2) is 9.99. The normalized spacial score (nSPS) is 14.7. The summed E-state index contributed by atoms with van der Waals surface area (Å²) in [6.07, 6.45) is 1.44. The molecule has 2 aromatic carbocycles. The monoisotopic (exact) mass is 451 g/mol. The molecular formula is C24H26FN5O3. The third kappa shape index (κ3) is 5.76. The zero-order valence-corrected chi connectivity index (χ0v) is 18.5. The van der Waals surface area contributed by atoms with Crippen LogP contribution in [-0.4, -0.2) is 36.7 Å². The number of ether oxygens (including phenoxy) is 1. The van der Waals surface area contributed by atoms with Crippen molar-refractivity contribution in [3.63, 3.8) is 0 Å². The highest BCUT2D eigenvalue weighted by Gasteiger charge is 2.20. The van der Waals surface area contributed by atoms with Crippen LogP contribution in [0.1, 0.15) is 19.4 Å². The van der Waals surface area contributed by atoms with Crippen LogP contribution in [0.25, 0.3) is 5.70 Å². The predicted octanol–water partition coefficient (Wildman–Crippen LogP) is 2.62. The van der Waals surface area contributed by atoms with Crippen molar-refractivity contribution in [1.82, 2.24) is 5.32 Å². The minimum Gasteiger partial charge on any atom is -0.489 e. The Hall–Kier alpha value is -4.14. The molecule has 8 nitrogen and oxygen atoms in total. The second-order valence-electron chi connectivity index (χ2n) is 7.56. The molecule has 1 aliphatic rings. The van der Waals surface area contributed by atoms with Gasteiger partial charge in [0.05, 0.1) is 17.9 Å². The molecule has 2 amide bonds. The van der Waals surface area contributed by atoms with E-state index in [1.165, 1.54) is 18.2 Å². The van der Waals surface area contributed by atoms with Gasteiger partial charge in [0.15, 0.2) is 0 Å². The highest BCUT2D eigenvalue weighted by Crippen LogP contribution is 2.37. The van der Waals surface area contributed by atoms with E-state index >= 15 is 0 Å². The predicted molar refractivity (Wildman–Crippen MR) is 127 cm³/mol. The number of hydrogen-bond donors (Lipinski definition) is 3. The first kappa shape index (κ1) is 23.5. The highest BCUT2D eigenvalue weighted by atomic mass is 19.1. The third-order valence-electron chi connectivity index (χ3n) is 5.03. The molecule has 2 aromatic rings. The molecule has 0 spiro atoms. The number of nitrogens with one attached hydrogen (secondary N) is 1. The Morgan fingerprint density at radius 3 is 2.58 bits per heavy atom. The van der Waals surface area contributed by atoms with Gasteiger partial charge in [-0.05, 0) is 49.8 Å². The number of rotatable bonds is 8. The van der Waals surface area contributed by atoms with E-state index in [0.717, 1.165) is 11.4 Å². The summed E-state index contributed by atoms with van der Waals surface area (Å²) in [5.41, 5.74) is 13.9. The fraction of sp³-hybridized carbons (Fsp3) is 0.208. The Balaban J connectivity index is 1.80. The first-order chi connectivity index (χ1) is 15.7. The van der Waals surface area contributed by atoms with Gasteiger partial charge >= 0.3 is 0 Å². The molecule has 0 saturated carbocycles. The van der Waals surface area contributed by atoms with Gasteiger partial charge < -0.3 is 26.4 Å². The largest absolute Gasteiger partial charge is 0.489 e. The van der Waals surface area contributed by atoms with E-state index in [4.69, 9.17) is 16.2 Å². The molecule has 0 saturated heterocycles. The second-order valence-corrected chi connectivity index (χ2v) is 7.56. The van der Waals surface area contributed by atoms with E-state index in [-0.39, 0.29) is 11.5 Å². The van der Waals surface area contributed by atoms with Gasteiger partial charge in [0, 0.05) is 17.5 Å². The number of aliphatic imine (C=N–C) groups is 1. The van der Waals surface area contributed by atoms with Crippen LogP contribution in [0.15, 0.2) is 65.8 Å². The SMILES string of the molecule is C=C(N=C(/C=C(\C)N[C@@H](C)C(N)=O)C(N)=O)c1ccc(N2CCOc3cc(F)ccc32)cc1. The van der Waals surface area contributed by atoms with Crippen molar-refractivity contribution in [3.05, 3.63) is 72.2 Å². The van der Waals surface area contributed by atoms with Crippen LogP contribution in [-0.2, 0) is 9.59 Å². The number of anilines is 2. The zero-order valence-electron chi connectivity index (χ0n) is 18.5. The average Bonchev–Trinajstić information content (AvgIpc) is 2.77. The van der Waals surface area contributed by atoms with Crippen LogP contribution in [0.3, 0.4) is 0 Å². The van der Waals surface area contributed by atoms with E-state index in [0.29, 0.717) is 35.9 Å². The molecule has 0 radical (unpaired) electrons. The van der Waals surface area contributed by atoms with Crippen LogP contribution >= 0.6 is 0 Å². The molecule has 0 aromatic heterocycles. The number of carbonyl (C=O) groups is 2. The van der Waals surface area contributed by atoms with Crippen LogP contribution in [0.4, 0.5) is 15.8 Å². The smallest absolute Gasteiger partial charge is 0.267 e. The van der Waals surface area contributed by atoms with Gasteiger partial charge in [0.25, 0.3) is 5.91 Å². The molecule has 0 fully saturated rings. The Morgan fingerprint density at radius 1 is 1.24 bits per heavy atom. The standard InChI is InChI=1S/C24H26FN5O3/c1-14(28-16(3)23(26)31)12-20(24(27)32)29-15(2)17-4-7-19(8-5-17)30-10-11-33-22-13-18(25)6-9-21(22)30/h4-9,12-13,16,28H,2,10-11H2,1,3H3,(H2,26,31)(H2,27,32)/b14-12+,29-20?/t16-/m0/s1. The first-order valence-corrected chi connectivity index (χ1v) is 10.3. The van der Waals surface area contributed by atoms with Gasteiger partial charge in [-0.2, -0.15) is 0 Å². The highest BCUT2D eigenvalue weighted by molar-refractivity contribution is 6.43. The molecule has 0 bridgehead atoms. The summed E-state index contributed by atoms with van der Waals surface area (Å²) >= 11 is 0. The van der Waals surface area contributed by atoms with E-state index < -0.39 is 17.9 Å². The summed E-state index contributed by atoms with van der Waals surface area (Å²) < 4.78 is 19.1. The van der Waals surface area contributed by atoms with E-state index in [2.05, 4.69) is 16.9 Å². The maximum atomic E-state index is 13.5. The quantitative estimate of drug-likeness (QED) is 0.533. The molecule has 5 N–H and O–H groups in total. The van der Waals surface area contributed by atoms with Crippen molar-refractivity contribution in [2.75, 3.05) is 18.1 Å². The molecule has 9 heteroatoms. The summed E-state index contributed by atoms with van der Waals surface area (Å²) in [5, 5.41) is 2.86. The van der Waals surface area contributed by atoms with E-state index in [9.17, 15) is 14.0 Å². The molecular weight excluding hydrogens is 425 g/mol. The van der Waals surface area contributed by atoms with Crippen molar-refractivity contribution >= 4 is 34.6 Å². The molecule has 33 heavy (non-hydrogen) atoms. The average molecular weight is 452 g/mol. The lowest BCUT2D eigenvalue weighted by Crippen LogP contribution is -2.38. The molecule has 1 atom stereocenters. The molecule has 0 unspecified atom stereocenters. The van der Waals surface area contributed by atoms with E-state index in [1.807, 2.05) is 29.2 Å². The summed E-state index contributed by atoms with van der Waals surface area (Å²) in [6.45, 7) is 8.26. The Bertz CT molecular complexity index is 1140. The van der Waals surface area contributed by atoms with Crippen molar-refractivity contribution in [2.24, 2.45) is 16.5 Å². The lowest BCUT2D eigenvalue weighted by Gasteiger charge is -2.31. The maximum Gasteiger partial charge on any atom is 0.267 e. The summed E-state index contributed by atoms with van der Waals surface area (Å²) in [7, 11) is 0. The van der Waals surface area contributed by atoms with Gasteiger partial charge in [0.2, 0.25) is 5.91 Å². The van der Waals surface area contributed by atoms with Gasteiger partial charge in [0.1, 0.15) is 29.9 Å². The van der Waals surface area contributed by atoms with Crippen molar-refractivity contribution in [2.45, 2.75) is 19.9 Å². The third-order valence-corrected chi connectivity index (χ3v) is 5.03. The molecule has 1 aliphatic heterocycles. The van der Waals surface area contributed by atoms with Gasteiger partial charge in [-0.3, -0.25) is 9.59 Å². The summed E-state index contributed by atoms with van der Waals surface area (Å²) in [6, 6.07) is 11.2. The van der Waals surface area contributed by atoms with Crippen LogP contribution < -0.4 is 26.4 Å². The van der Waals surface area contributed by atoms with Crippen molar-refractivity contribution < 1.29 is 18.7 Å². The fourth-order valence-electron chi connectivity index (χ4n) is 3.32. The summed E-state index contributed by atoms with van der Waals surface area (Å²) in [5.74, 6) is -1.13. The number of benzene rings is 2. The van der Waals surface area contributed by atoms with Crippen molar-refractivity contribution in [3.8, 4) is 5.75 Å². The number of nitrogens with zero attached hydrogens (tertiary/aromatic N) is 2. The van der Waals surface area contributed by atoms with Gasteiger partial charge in [-0.25, -0.2) is 9.38 Å². The Morgan fingerprint density at radius 2 is 1.94 bits per heavy atom. The molecule has 3 rings (SSSR count). The molecule has 0 aliphatic carbocycles.